The number of carbonyl (C=O) groups excluding carboxylic acids is 2. The molecule has 32 heavy (non-hydrogen) atoms. The van der Waals surface area contributed by atoms with Gasteiger partial charge in [0.2, 0.25) is 5.91 Å². The Labute approximate surface area is 193 Å². The van der Waals surface area contributed by atoms with Gasteiger partial charge in [-0.3, -0.25) is 9.59 Å². The van der Waals surface area contributed by atoms with Gasteiger partial charge in [0.1, 0.15) is 5.03 Å². The Bertz CT molecular complexity index is 971. The van der Waals surface area contributed by atoms with E-state index in [0.717, 1.165) is 23.4 Å². The second-order valence-electron chi connectivity index (χ2n) is 7.49. The molecular formula is C24H29N3O4S. The van der Waals surface area contributed by atoms with Crippen LogP contribution in [0.25, 0.3) is 6.08 Å². The topological polar surface area (TPSA) is 80.8 Å². The lowest BCUT2D eigenvalue weighted by atomic mass is 9.96. The maximum absolute atomic E-state index is 12.8. The SMILES string of the molecule is COc1ccc(/C=C/C(=O)NCC2CCN(C(=O)c3cccnc3SC)CC2)cc1OC. The number of thioether (sulfide) groups is 1. The Morgan fingerprint density at radius 2 is 1.94 bits per heavy atom. The van der Waals surface area contributed by atoms with E-state index in [9.17, 15) is 9.59 Å². The smallest absolute Gasteiger partial charge is 0.256 e. The molecule has 2 heterocycles. The molecular weight excluding hydrogens is 426 g/mol. The Balaban J connectivity index is 1.46. The summed E-state index contributed by atoms with van der Waals surface area (Å²) in [6.45, 7) is 1.97. The van der Waals surface area contributed by atoms with Gasteiger partial charge >= 0.3 is 0 Å². The van der Waals surface area contributed by atoms with Gasteiger partial charge in [0.25, 0.3) is 5.91 Å². The highest BCUT2D eigenvalue weighted by atomic mass is 32.2. The fraction of sp³-hybridized carbons (Fsp3) is 0.375. The van der Waals surface area contributed by atoms with E-state index in [1.807, 2.05) is 29.4 Å². The third kappa shape index (κ3) is 6.03. The van der Waals surface area contributed by atoms with Crippen LogP contribution >= 0.6 is 11.8 Å². The summed E-state index contributed by atoms with van der Waals surface area (Å²) in [5.74, 6) is 1.51. The Kier molecular flexibility index (Phi) is 8.56. The highest BCUT2D eigenvalue weighted by molar-refractivity contribution is 7.98. The van der Waals surface area contributed by atoms with Gasteiger partial charge < -0.3 is 19.7 Å². The molecule has 1 saturated heterocycles. The van der Waals surface area contributed by atoms with Gasteiger partial charge in [0.05, 0.1) is 19.8 Å². The lowest BCUT2D eigenvalue weighted by Crippen LogP contribution is -2.41. The summed E-state index contributed by atoms with van der Waals surface area (Å²) in [6.07, 6.45) is 8.62. The van der Waals surface area contributed by atoms with E-state index in [2.05, 4.69) is 10.3 Å². The molecule has 8 heteroatoms. The average Bonchev–Trinajstić information content (AvgIpc) is 2.85. The van der Waals surface area contributed by atoms with Crippen LogP contribution in [0.15, 0.2) is 47.6 Å². The molecule has 0 aliphatic carbocycles. The molecule has 0 saturated carbocycles. The molecule has 7 nitrogen and oxygen atoms in total. The molecule has 1 aromatic carbocycles. The second-order valence-corrected chi connectivity index (χ2v) is 8.28. The minimum atomic E-state index is -0.140. The van der Waals surface area contributed by atoms with Crippen molar-refractivity contribution in [3.05, 3.63) is 53.7 Å². The molecule has 0 unspecified atom stereocenters. The van der Waals surface area contributed by atoms with Crippen molar-refractivity contribution in [2.45, 2.75) is 17.9 Å². The number of likely N-dealkylation sites (tertiary alicyclic amines) is 1. The van der Waals surface area contributed by atoms with Crippen LogP contribution in [0.5, 0.6) is 11.5 Å². The highest BCUT2D eigenvalue weighted by Crippen LogP contribution is 2.28. The van der Waals surface area contributed by atoms with Crippen molar-refractivity contribution in [3.8, 4) is 11.5 Å². The van der Waals surface area contributed by atoms with E-state index in [4.69, 9.17) is 9.47 Å². The fourth-order valence-electron chi connectivity index (χ4n) is 3.66. The highest BCUT2D eigenvalue weighted by Gasteiger charge is 2.25. The van der Waals surface area contributed by atoms with Gasteiger partial charge in [-0.2, -0.15) is 0 Å². The number of hydrogen-bond acceptors (Lipinski definition) is 6. The predicted molar refractivity (Wildman–Crippen MR) is 126 cm³/mol. The molecule has 170 valence electrons. The average molecular weight is 456 g/mol. The van der Waals surface area contributed by atoms with E-state index in [-0.39, 0.29) is 11.8 Å². The van der Waals surface area contributed by atoms with Gasteiger partial charge in [0.15, 0.2) is 11.5 Å². The number of amides is 2. The summed E-state index contributed by atoms with van der Waals surface area (Å²) >= 11 is 1.48. The molecule has 0 radical (unpaired) electrons. The molecule has 0 spiro atoms. The van der Waals surface area contributed by atoms with Crippen molar-refractivity contribution in [2.75, 3.05) is 40.1 Å². The van der Waals surface area contributed by atoms with E-state index in [1.54, 1.807) is 38.6 Å². The first-order valence-electron chi connectivity index (χ1n) is 10.5. The number of ether oxygens (including phenoxy) is 2. The van der Waals surface area contributed by atoms with Crippen LogP contribution in [-0.4, -0.2) is 61.8 Å². The summed E-state index contributed by atoms with van der Waals surface area (Å²) in [7, 11) is 3.16. The lowest BCUT2D eigenvalue weighted by molar-refractivity contribution is -0.116. The molecule has 1 N–H and O–H groups in total. The molecule has 0 bridgehead atoms. The lowest BCUT2D eigenvalue weighted by Gasteiger charge is -2.32. The van der Waals surface area contributed by atoms with Crippen molar-refractivity contribution in [1.29, 1.82) is 0 Å². The third-order valence-electron chi connectivity index (χ3n) is 5.50. The predicted octanol–water partition coefficient (Wildman–Crippen LogP) is 3.50. The number of benzene rings is 1. The summed E-state index contributed by atoms with van der Waals surface area (Å²) < 4.78 is 10.5. The van der Waals surface area contributed by atoms with Crippen LogP contribution in [0, 0.1) is 5.92 Å². The van der Waals surface area contributed by atoms with Crippen LogP contribution in [0.4, 0.5) is 0 Å². The minimum absolute atomic E-state index is 0.0304. The zero-order valence-electron chi connectivity index (χ0n) is 18.7. The van der Waals surface area contributed by atoms with E-state index >= 15 is 0 Å². The van der Waals surface area contributed by atoms with Gasteiger partial charge in [-0.05, 0) is 60.9 Å². The first-order valence-corrected chi connectivity index (χ1v) is 11.7. The van der Waals surface area contributed by atoms with Gasteiger partial charge in [-0.25, -0.2) is 4.98 Å². The number of rotatable bonds is 8. The van der Waals surface area contributed by atoms with Crippen molar-refractivity contribution in [1.82, 2.24) is 15.2 Å². The van der Waals surface area contributed by atoms with Gasteiger partial charge in [-0.15, -0.1) is 11.8 Å². The molecule has 1 aliphatic heterocycles. The van der Waals surface area contributed by atoms with Gasteiger partial charge in [-0.1, -0.05) is 6.07 Å². The van der Waals surface area contributed by atoms with Gasteiger partial charge in [0, 0.05) is 31.9 Å². The quantitative estimate of drug-likeness (QED) is 0.485. The summed E-state index contributed by atoms with van der Waals surface area (Å²) in [4.78, 5) is 31.2. The number of nitrogens with zero attached hydrogens (tertiary/aromatic N) is 2. The van der Waals surface area contributed by atoms with Crippen LogP contribution < -0.4 is 14.8 Å². The number of hydrogen-bond donors (Lipinski definition) is 1. The summed E-state index contributed by atoms with van der Waals surface area (Å²) in [6, 6.07) is 9.12. The van der Waals surface area contributed by atoms with Crippen LogP contribution in [-0.2, 0) is 4.79 Å². The Hall–Kier alpha value is -3.00. The zero-order chi connectivity index (χ0) is 22.9. The number of methoxy groups -OCH3 is 2. The molecule has 0 atom stereocenters. The first-order chi connectivity index (χ1) is 15.5. The van der Waals surface area contributed by atoms with Crippen LogP contribution in [0.2, 0.25) is 0 Å². The molecule has 1 fully saturated rings. The monoisotopic (exact) mass is 455 g/mol. The minimum Gasteiger partial charge on any atom is -0.493 e. The van der Waals surface area contributed by atoms with Crippen molar-refractivity contribution >= 4 is 29.7 Å². The zero-order valence-corrected chi connectivity index (χ0v) is 19.5. The maximum Gasteiger partial charge on any atom is 0.256 e. The number of aromatic nitrogens is 1. The number of piperidine rings is 1. The Morgan fingerprint density at radius 1 is 1.19 bits per heavy atom. The number of nitrogens with one attached hydrogen (secondary N) is 1. The third-order valence-corrected chi connectivity index (χ3v) is 6.21. The Morgan fingerprint density at radius 3 is 2.62 bits per heavy atom. The summed E-state index contributed by atoms with van der Waals surface area (Å²) in [5, 5.41) is 3.73. The molecule has 3 rings (SSSR count). The first kappa shape index (κ1) is 23.7. The number of carbonyl (C=O) groups is 2. The van der Waals surface area contributed by atoms with Crippen molar-refractivity contribution in [2.24, 2.45) is 5.92 Å². The van der Waals surface area contributed by atoms with Crippen LogP contribution in [0.1, 0.15) is 28.8 Å². The molecule has 1 aromatic heterocycles. The van der Waals surface area contributed by atoms with Crippen molar-refractivity contribution < 1.29 is 19.1 Å². The molecule has 1 aliphatic rings. The van der Waals surface area contributed by atoms with Crippen molar-refractivity contribution in [3.63, 3.8) is 0 Å². The van der Waals surface area contributed by atoms with E-state index in [0.29, 0.717) is 42.6 Å². The van der Waals surface area contributed by atoms with E-state index in [1.165, 1.54) is 17.8 Å². The molecule has 2 amide bonds. The normalized spacial score (nSPS) is 14.4. The fourth-order valence-corrected chi connectivity index (χ4v) is 4.20. The largest absolute Gasteiger partial charge is 0.493 e. The maximum atomic E-state index is 12.8. The standard InChI is InChI=1S/C24H29N3O4S/c1-30-20-8-6-17(15-21(20)31-2)7-9-22(28)26-16-18-10-13-27(14-11-18)24(29)19-5-4-12-25-23(19)32-3/h4-9,12,15,18H,10-11,13-14,16H2,1-3H3,(H,26,28)/b9-7+. The summed E-state index contributed by atoms with van der Waals surface area (Å²) in [5.41, 5.74) is 1.51. The number of pyridine rings is 1. The molecule has 2 aromatic rings. The van der Waals surface area contributed by atoms with Crippen LogP contribution in [0.3, 0.4) is 0 Å². The van der Waals surface area contributed by atoms with E-state index < -0.39 is 0 Å². The second kappa shape index (κ2) is 11.6.